The van der Waals surface area contributed by atoms with E-state index in [1.165, 1.54) is 43.3 Å². The Morgan fingerprint density at radius 1 is 1.19 bits per heavy atom. The fourth-order valence-corrected chi connectivity index (χ4v) is 4.37. The number of unbranched alkanes of at least 4 members (excludes halogenated alkanes) is 2. The maximum Gasteiger partial charge on any atom is 0.0611 e. The Hall–Kier alpha value is -1.12. The molecule has 0 saturated heterocycles. The van der Waals surface area contributed by atoms with Gasteiger partial charge in [0.15, 0.2) is 0 Å². The summed E-state index contributed by atoms with van der Waals surface area (Å²) in [6.45, 7) is 7.30. The molecular weight excluding hydrogens is 320 g/mol. The van der Waals surface area contributed by atoms with Crippen molar-refractivity contribution in [2.75, 3.05) is 13.7 Å². The number of fused-ring (bicyclic) bond motifs is 1. The van der Waals surface area contributed by atoms with E-state index in [1.54, 1.807) is 12.7 Å². The molecule has 2 nitrogen and oxygen atoms in total. The second kappa shape index (κ2) is 10.9. The maximum atomic E-state index is 10.5. The fraction of sp³-hybridized carbons (Fsp3) is 0.667. The molecule has 2 rings (SSSR count). The van der Waals surface area contributed by atoms with Crippen molar-refractivity contribution in [3.63, 3.8) is 0 Å². The predicted molar refractivity (Wildman–Crippen MR) is 111 cm³/mol. The SMILES string of the molecule is COCCCCCC1=CC2C(C1)C[C@@H](O)[C@@H]2/C=C/C(C)=C/CC=C(C)C. The summed E-state index contributed by atoms with van der Waals surface area (Å²) in [7, 11) is 1.78. The summed E-state index contributed by atoms with van der Waals surface area (Å²) in [5.41, 5.74) is 4.27. The number of allylic oxidation sites excluding steroid dienone is 7. The Morgan fingerprint density at radius 3 is 2.73 bits per heavy atom. The van der Waals surface area contributed by atoms with Crippen LogP contribution in [-0.4, -0.2) is 24.9 Å². The minimum Gasteiger partial charge on any atom is -0.392 e. The molecule has 0 aromatic carbocycles. The van der Waals surface area contributed by atoms with Gasteiger partial charge in [-0.05, 0) is 71.1 Å². The van der Waals surface area contributed by atoms with Gasteiger partial charge in [0, 0.05) is 19.6 Å². The average molecular weight is 359 g/mol. The van der Waals surface area contributed by atoms with Gasteiger partial charge in [0.1, 0.15) is 0 Å². The van der Waals surface area contributed by atoms with Crippen LogP contribution in [0.2, 0.25) is 0 Å². The highest BCUT2D eigenvalue weighted by molar-refractivity contribution is 5.24. The molecule has 0 amide bonds. The third-order valence-electron chi connectivity index (χ3n) is 5.82. The van der Waals surface area contributed by atoms with Gasteiger partial charge >= 0.3 is 0 Å². The first-order chi connectivity index (χ1) is 12.5. The van der Waals surface area contributed by atoms with Gasteiger partial charge in [0.25, 0.3) is 0 Å². The van der Waals surface area contributed by atoms with E-state index in [9.17, 15) is 5.11 Å². The van der Waals surface area contributed by atoms with Crippen LogP contribution in [0.4, 0.5) is 0 Å². The quantitative estimate of drug-likeness (QED) is 0.295. The van der Waals surface area contributed by atoms with Crippen LogP contribution < -0.4 is 0 Å². The summed E-state index contributed by atoms with van der Waals surface area (Å²) in [6, 6.07) is 0. The number of hydrogen-bond acceptors (Lipinski definition) is 2. The van der Waals surface area contributed by atoms with Gasteiger partial charge in [-0.15, -0.1) is 0 Å². The molecule has 2 aliphatic carbocycles. The highest BCUT2D eigenvalue weighted by Gasteiger charge is 2.42. The van der Waals surface area contributed by atoms with Crippen LogP contribution >= 0.6 is 0 Å². The molecule has 0 aromatic rings. The van der Waals surface area contributed by atoms with Crippen LogP contribution in [0.5, 0.6) is 0 Å². The third kappa shape index (κ3) is 6.55. The lowest BCUT2D eigenvalue weighted by Crippen LogP contribution is -2.15. The third-order valence-corrected chi connectivity index (χ3v) is 5.82. The molecule has 146 valence electrons. The molecular formula is C24H38O2. The lowest BCUT2D eigenvalue weighted by molar-refractivity contribution is 0.145. The van der Waals surface area contributed by atoms with E-state index in [1.807, 2.05) is 0 Å². The molecule has 0 radical (unpaired) electrons. The van der Waals surface area contributed by atoms with E-state index in [4.69, 9.17) is 4.74 Å². The molecule has 1 fully saturated rings. The molecule has 0 spiro atoms. The Kier molecular flexibility index (Phi) is 8.87. The molecule has 0 aromatic heterocycles. The summed E-state index contributed by atoms with van der Waals surface area (Å²) >= 11 is 0. The number of methoxy groups -OCH3 is 1. The van der Waals surface area contributed by atoms with Gasteiger partial charge in [-0.1, -0.05) is 53.5 Å². The molecule has 2 aliphatic rings. The van der Waals surface area contributed by atoms with Crippen LogP contribution in [0.15, 0.2) is 47.1 Å². The summed E-state index contributed by atoms with van der Waals surface area (Å²) in [5, 5.41) is 10.5. The topological polar surface area (TPSA) is 29.5 Å². The van der Waals surface area contributed by atoms with Gasteiger partial charge < -0.3 is 9.84 Å². The van der Waals surface area contributed by atoms with Crippen LogP contribution in [0, 0.1) is 17.8 Å². The Labute approximate surface area is 160 Å². The summed E-state index contributed by atoms with van der Waals surface area (Å²) < 4.78 is 5.12. The molecule has 4 atom stereocenters. The standard InChI is InChI=1S/C24H38O2/c1-18(2)9-8-10-19(3)12-13-22-23-16-20(11-6-5-7-14-26-4)15-21(23)17-24(22)25/h9-10,12-13,16,21-25H,5-8,11,14-15,17H2,1-4H3/b13-12+,19-10+/t21?,22-,23?,24-/m1/s1. The first kappa shape index (κ1) is 21.2. The van der Waals surface area contributed by atoms with Gasteiger partial charge in [0.2, 0.25) is 0 Å². The minimum absolute atomic E-state index is 0.175. The number of rotatable bonds is 10. The van der Waals surface area contributed by atoms with E-state index in [-0.39, 0.29) is 12.0 Å². The molecule has 1 N–H and O–H groups in total. The molecule has 2 heteroatoms. The highest BCUT2D eigenvalue weighted by atomic mass is 16.5. The van der Waals surface area contributed by atoms with Crippen molar-refractivity contribution in [3.8, 4) is 0 Å². The number of aliphatic hydroxyl groups is 1. The van der Waals surface area contributed by atoms with Crippen LogP contribution in [0.3, 0.4) is 0 Å². The normalized spacial score (nSPS) is 28.5. The second-order valence-corrected chi connectivity index (χ2v) is 8.37. The first-order valence-corrected chi connectivity index (χ1v) is 10.4. The van der Waals surface area contributed by atoms with E-state index >= 15 is 0 Å². The van der Waals surface area contributed by atoms with E-state index in [2.05, 4.69) is 51.2 Å². The molecule has 0 heterocycles. The van der Waals surface area contributed by atoms with Crippen LogP contribution in [-0.2, 0) is 4.74 Å². The largest absolute Gasteiger partial charge is 0.392 e. The van der Waals surface area contributed by atoms with Crippen molar-refractivity contribution in [3.05, 3.63) is 47.1 Å². The van der Waals surface area contributed by atoms with Crippen LogP contribution in [0.25, 0.3) is 0 Å². The Morgan fingerprint density at radius 2 is 2.00 bits per heavy atom. The molecule has 0 aliphatic heterocycles. The number of aliphatic hydroxyl groups excluding tert-OH is 1. The van der Waals surface area contributed by atoms with Crippen molar-refractivity contribution in [2.45, 2.75) is 71.8 Å². The molecule has 2 unspecified atom stereocenters. The van der Waals surface area contributed by atoms with E-state index < -0.39 is 0 Å². The minimum atomic E-state index is -0.175. The molecule has 0 bridgehead atoms. The smallest absolute Gasteiger partial charge is 0.0611 e. The Balaban J connectivity index is 1.87. The summed E-state index contributed by atoms with van der Waals surface area (Å²) in [6.07, 6.45) is 19.4. The summed E-state index contributed by atoms with van der Waals surface area (Å²) in [5.74, 6) is 1.49. The monoisotopic (exact) mass is 358 g/mol. The van der Waals surface area contributed by atoms with Crippen molar-refractivity contribution in [1.82, 2.24) is 0 Å². The second-order valence-electron chi connectivity index (χ2n) is 8.37. The number of hydrogen-bond donors (Lipinski definition) is 1. The first-order valence-electron chi connectivity index (χ1n) is 10.4. The van der Waals surface area contributed by atoms with Crippen molar-refractivity contribution < 1.29 is 9.84 Å². The molecule has 26 heavy (non-hydrogen) atoms. The summed E-state index contributed by atoms with van der Waals surface area (Å²) in [4.78, 5) is 0. The van der Waals surface area contributed by atoms with Gasteiger partial charge in [-0.25, -0.2) is 0 Å². The van der Waals surface area contributed by atoms with E-state index in [0.29, 0.717) is 11.8 Å². The van der Waals surface area contributed by atoms with Gasteiger partial charge in [-0.3, -0.25) is 0 Å². The molecule has 1 saturated carbocycles. The Bertz CT molecular complexity index is 549. The van der Waals surface area contributed by atoms with Crippen LogP contribution in [0.1, 0.15) is 65.7 Å². The maximum absolute atomic E-state index is 10.5. The number of ether oxygens (including phenoxy) is 1. The lowest BCUT2D eigenvalue weighted by Gasteiger charge is -2.15. The average Bonchev–Trinajstić information content (AvgIpc) is 3.09. The zero-order valence-corrected chi connectivity index (χ0v) is 17.2. The van der Waals surface area contributed by atoms with Crippen molar-refractivity contribution in [1.29, 1.82) is 0 Å². The predicted octanol–water partition coefficient (Wildman–Crippen LogP) is 6.00. The van der Waals surface area contributed by atoms with Gasteiger partial charge in [-0.2, -0.15) is 0 Å². The van der Waals surface area contributed by atoms with Crippen molar-refractivity contribution in [2.24, 2.45) is 17.8 Å². The highest BCUT2D eigenvalue weighted by Crippen LogP contribution is 2.48. The zero-order chi connectivity index (χ0) is 18.9. The zero-order valence-electron chi connectivity index (χ0n) is 17.2. The van der Waals surface area contributed by atoms with Gasteiger partial charge in [0.05, 0.1) is 6.10 Å². The lowest BCUT2D eigenvalue weighted by atomic mass is 9.91. The van der Waals surface area contributed by atoms with E-state index in [0.717, 1.165) is 19.4 Å². The fourth-order valence-electron chi connectivity index (χ4n) is 4.37. The van der Waals surface area contributed by atoms with Crippen molar-refractivity contribution >= 4 is 0 Å².